The molecular weight excluding hydrogens is 395 g/mol. The van der Waals surface area contributed by atoms with Gasteiger partial charge in [0.1, 0.15) is 5.82 Å². The summed E-state index contributed by atoms with van der Waals surface area (Å²) in [5, 5.41) is 7.50. The van der Waals surface area contributed by atoms with Gasteiger partial charge in [-0.05, 0) is 58.3 Å². The van der Waals surface area contributed by atoms with Crippen LogP contribution in [0.25, 0.3) is 59.8 Å². The first kappa shape index (κ1) is 17.9. The maximum atomic E-state index is 15.2. The minimum Gasteiger partial charge on any atom is -0.307 e. The molecule has 0 atom stereocenters. The lowest BCUT2D eigenvalue weighted by Crippen LogP contribution is -2.02. The molecule has 2 nitrogen and oxygen atoms in total. The average Bonchev–Trinajstić information content (AvgIpc) is 3.14. The Bertz CT molecular complexity index is 1840. The Labute approximate surface area is 184 Å². The molecule has 0 saturated heterocycles. The molecule has 3 heteroatoms. The number of halogens is 1. The molecule has 0 amide bonds. The van der Waals surface area contributed by atoms with Crippen LogP contribution in [-0.2, 0) is 6.42 Å². The van der Waals surface area contributed by atoms with Crippen molar-refractivity contribution in [2.24, 2.45) is 5.92 Å². The van der Waals surface area contributed by atoms with E-state index >= 15 is 4.39 Å². The number of nitrogens with zero attached hydrogens (tertiary/aromatic N) is 2. The van der Waals surface area contributed by atoms with Gasteiger partial charge in [-0.3, -0.25) is 4.98 Å². The largest absolute Gasteiger partial charge is 0.307 e. The third kappa shape index (κ3) is 2.16. The molecule has 4 aromatic carbocycles. The van der Waals surface area contributed by atoms with Crippen LogP contribution in [0.5, 0.6) is 0 Å². The van der Waals surface area contributed by atoms with E-state index in [0.717, 1.165) is 50.0 Å². The van der Waals surface area contributed by atoms with Crippen molar-refractivity contribution in [2.45, 2.75) is 20.3 Å². The first-order chi connectivity index (χ1) is 15.6. The first-order valence-corrected chi connectivity index (χ1v) is 11.2. The maximum absolute atomic E-state index is 15.2. The third-order valence-electron chi connectivity index (χ3n) is 6.85. The molecule has 0 spiro atoms. The summed E-state index contributed by atoms with van der Waals surface area (Å²) in [6.45, 7) is 4.51. The van der Waals surface area contributed by atoms with E-state index in [2.05, 4.69) is 66.8 Å². The molecule has 0 unspecified atom stereocenters. The number of rotatable bonds is 2. The normalized spacial score (nSPS) is 12.6. The Balaban J connectivity index is 1.92. The Morgan fingerprint density at radius 3 is 2.56 bits per heavy atom. The van der Waals surface area contributed by atoms with Gasteiger partial charge in [0.15, 0.2) is 0 Å². The van der Waals surface area contributed by atoms with Gasteiger partial charge in [0.05, 0.1) is 22.1 Å². The second-order valence-corrected chi connectivity index (χ2v) is 9.26. The lowest BCUT2D eigenvalue weighted by molar-refractivity contribution is 0.640. The Morgan fingerprint density at radius 1 is 0.812 bits per heavy atom. The fraction of sp³-hybridized carbons (Fsp3) is 0.138. The van der Waals surface area contributed by atoms with Crippen LogP contribution in [-0.4, -0.2) is 9.38 Å². The quantitative estimate of drug-likeness (QED) is 0.207. The molecule has 3 aromatic heterocycles. The number of benzene rings is 4. The minimum atomic E-state index is -0.175. The summed E-state index contributed by atoms with van der Waals surface area (Å²) < 4.78 is 17.5. The zero-order chi connectivity index (χ0) is 21.6. The van der Waals surface area contributed by atoms with Crippen molar-refractivity contribution >= 4 is 59.8 Å². The van der Waals surface area contributed by atoms with Crippen LogP contribution in [0.2, 0.25) is 0 Å². The molecule has 3 heterocycles. The summed E-state index contributed by atoms with van der Waals surface area (Å²) >= 11 is 0. The molecule has 0 N–H and O–H groups in total. The highest BCUT2D eigenvalue weighted by molar-refractivity contribution is 6.28. The Kier molecular flexibility index (Phi) is 3.45. The highest BCUT2D eigenvalue weighted by Crippen LogP contribution is 2.43. The summed E-state index contributed by atoms with van der Waals surface area (Å²) in [5.74, 6) is 0.311. The second-order valence-electron chi connectivity index (χ2n) is 9.26. The van der Waals surface area contributed by atoms with Gasteiger partial charge in [-0.25, -0.2) is 4.39 Å². The summed E-state index contributed by atoms with van der Waals surface area (Å²) in [6, 6.07) is 22.5. The van der Waals surface area contributed by atoms with E-state index in [-0.39, 0.29) is 5.82 Å². The molecule has 0 fully saturated rings. The monoisotopic (exact) mass is 416 g/mol. The summed E-state index contributed by atoms with van der Waals surface area (Å²) in [4.78, 5) is 4.87. The van der Waals surface area contributed by atoms with Crippen molar-refractivity contribution in [2.75, 3.05) is 0 Å². The van der Waals surface area contributed by atoms with Gasteiger partial charge in [-0.2, -0.15) is 0 Å². The molecule has 0 bridgehead atoms. The molecule has 154 valence electrons. The van der Waals surface area contributed by atoms with Crippen LogP contribution in [0.1, 0.15) is 19.4 Å². The van der Waals surface area contributed by atoms with Gasteiger partial charge in [-0.15, -0.1) is 0 Å². The molecule has 0 aliphatic rings. The van der Waals surface area contributed by atoms with Crippen LogP contribution < -0.4 is 0 Å². The van der Waals surface area contributed by atoms with Crippen molar-refractivity contribution in [3.05, 3.63) is 84.3 Å². The van der Waals surface area contributed by atoms with Crippen molar-refractivity contribution in [1.29, 1.82) is 0 Å². The maximum Gasteiger partial charge on any atom is 0.133 e. The van der Waals surface area contributed by atoms with Crippen molar-refractivity contribution in [3.63, 3.8) is 0 Å². The number of hydrogen-bond acceptors (Lipinski definition) is 1. The summed E-state index contributed by atoms with van der Waals surface area (Å²) in [6.07, 6.45) is 2.84. The fourth-order valence-electron chi connectivity index (χ4n) is 5.67. The van der Waals surface area contributed by atoms with E-state index in [1.807, 2.05) is 18.3 Å². The van der Waals surface area contributed by atoms with E-state index in [0.29, 0.717) is 11.3 Å². The lowest BCUT2D eigenvalue weighted by Gasteiger charge is -2.18. The minimum absolute atomic E-state index is 0.175. The molecule has 0 aliphatic carbocycles. The summed E-state index contributed by atoms with van der Waals surface area (Å²) in [7, 11) is 0. The standard InChI is InChI=1S/C29H21FN2/c1-16(2)14-21-19-7-4-3-6-18(19)15-22-27-25-17(12-13-31-27)10-11-20-26-23(30)8-5-9-24(26)32(28(21)22)29(20)25/h3-13,15-16H,14H2,1-2H3. The van der Waals surface area contributed by atoms with E-state index < -0.39 is 0 Å². The van der Waals surface area contributed by atoms with Crippen LogP contribution in [0, 0.1) is 11.7 Å². The molecule has 0 aliphatic heterocycles. The molecule has 0 saturated carbocycles. The van der Waals surface area contributed by atoms with Gasteiger partial charge in [-0.1, -0.05) is 56.3 Å². The van der Waals surface area contributed by atoms with Gasteiger partial charge < -0.3 is 4.40 Å². The van der Waals surface area contributed by atoms with E-state index in [4.69, 9.17) is 4.98 Å². The Morgan fingerprint density at radius 2 is 1.69 bits per heavy atom. The SMILES string of the molecule is CC(C)Cc1c2ccccc2cc2c3nccc4ccc5c6c(F)cccc6n(c12)c5c43. The lowest BCUT2D eigenvalue weighted by atomic mass is 9.92. The summed E-state index contributed by atoms with van der Waals surface area (Å²) in [5.41, 5.74) is 5.45. The van der Waals surface area contributed by atoms with Crippen LogP contribution >= 0.6 is 0 Å². The molecule has 32 heavy (non-hydrogen) atoms. The van der Waals surface area contributed by atoms with Crippen molar-refractivity contribution < 1.29 is 4.39 Å². The smallest absolute Gasteiger partial charge is 0.133 e. The first-order valence-electron chi connectivity index (χ1n) is 11.2. The molecule has 7 rings (SSSR count). The number of aromatic nitrogens is 2. The molecular formula is C29H21FN2. The average molecular weight is 416 g/mol. The molecule has 7 aromatic rings. The van der Waals surface area contributed by atoms with Gasteiger partial charge >= 0.3 is 0 Å². The van der Waals surface area contributed by atoms with Gasteiger partial charge in [0.25, 0.3) is 0 Å². The number of pyridine rings is 2. The van der Waals surface area contributed by atoms with E-state index in [1.165, 1.54) is 16.3 Å². The van der Waals surface area contributed by atoms with E-state index in [1.54, 1.807) is 6.07 Å². The second kappa shape index (κ2) is 6.17. The fourth-order valence-corrected chi connectivity index (χ4v) is 5.67. The van der Waals surface area contributed by atoms with Crippen molar-refractivity contribution in [1.82, 2.24) is 9.38 Å². The predicted molar refractivity (Wildman–Crippen MR) is 132 cm³/mol. The highest BCUT2D eigenvalue weighted by atomic mass is 19.1. The third-order valence-corrected chi connectivity index (χ3v) is 6.85. The van der Waals surface area contributed by atoms with E-state index in [9.17, 15) is 0 Å². The zero-order valence-corrected chi connectivity index (χ0v) is 18.0. The predicted octanol–water partition coefficient (Wildman–Crippen LogP) is 7.88. The van der Waals surface area contributed by atoms with Crippen LogP contribution in [0.4, 0.5) is 4.39 Å². The topological polar surface area (TPSA) is 17.3 Å². The zero-order valence-electron chi connectivity index (χ0n) is 18.0. The van der Waals surface area contributed by atoms with Crippen molar-refractivity contribution in [3.8, 4) is 0 Å². The van der Waals surface area contributed by atoms with Crippen LogP contribution in [0.3, 0.4) is 0 Å². The van der Waals surface area contributed by atoms with Gasteiger partial charge in [0, 0.05) is 27.7 Å². The molecule has 0 radical (unpaired) electrons. The number of hydrogen-bond donors (Lipinski definition) is 0. The highest BCUT2D eigenvalue weighted by Gasteiger charge is 2.23. The Hall–Kier alpha value is -3.72. The number of fused-ring (bicyclic) bond motifs is 7. The van der Waals surface area contributed by atoms with Crippen LogP contribution in [0.15, 0.2) is 72.9 Å². The van der Waals surface area contributed by atoms with Gasteiger partial charge in [0.2, 0.25) is 0 Å².